The monoisotopic (exact) mass is 903 g/mol. The lowest BCUT2D eigenvalue weighted by molar-refractivity contribution is -0.472. The molecule has 0 N–H and O–H groups in total. The highest BCUT2D eigenvalue weighted by Crippen LogP contribution is 2.38. The highest BCUT2D eigenvalue weighted by atomic mass is 20.0. The van der Waals surface area contributed by atoms with Crippen LogP contribution in [0.1, 0.15) is 15.8 Å². The van der Waals surface area contributed by atoms with Crippen molar-refractivity contribution < 1.29 is 168 Å². The van der Waals surface area contributed by atoms with E-state index in [-0.39, 0.29) is 15.8 Å². The van der Waals surface area contributed by atoms with Crippen molar-refractivity contribution in [3.63, 3.8) is 0 Å². The van der Waals surface area contributed by atoms with Crippen molar-refractivity contribution in [2.75, 3.05) is 33.7 Å². The molecule has 0 aromatic heterocycles. The largest absolute Gasteiger partial charge is 0.499 e. The molecule has 37 heteroatoms. The first-order valence-electron chi connectivity index (χ1n) is 9.88. The standard InChI is InChI=1S/C4F8O3.C4H4F4O3.C2H2F4.C2H3F3.2CF2O.2CH2F2.CH4.F2.H2/c5-2(6,7)1(13)14-3(8,9)4(10,11)15-12;5-4(6,7)3(9)10-1-2-11-8;3-1-2(4,5)6;1-2(3,4)5;2*2-1(3)4;2*2-1-3;;1-2;/h;1-2H2;1H2;1H3;;;2*1H2;1H4;;1H/i;;;;;;;;;;1+1. The minimum absolute atomic E-state index is 0. The lowest BCUT2D eigenvalue weighted by atomic mass is 10.5. The molecule has 54 heavy (non-hydrogen) atoms. The van der Waals surface area contributed by atoms with E-state index in [4.69, 9.17) is 18.7 Å². The van der Waals surface area contributed by atoms with Gasteiger partial charge in [0.2, 0.25) is 13.9 Å². The van der Waals surface area contributed by atoms with Gasteiger partial charge in [-0.3, -0.25) is 0 Å². The minimum Gasteiger partial charge on any atom is -0.456 e. The molecule has 0 spiro atoms. The number of hydrogen-bond acceptors (Lipinski definition) is 8. The highest BCUT2D eigenvalue weighted by Gasteiger charge is 2.66. The molecule has 0 fully saturated rings. The van der Waals surface area contributed by atoms with Crippen molar-refractivity contribution >= 4 is 24.5 Å². The van der Waals surface area contributed by atoms with Crippen molar-refractivity contribution in [2.45, 2.75) is 51.3 Å². The van der Waals surface area contributed by atoms with Crippen LogP contribution in [0.4, 0.5) is 138 Å². The zero-order valence-electron chi connectivity index (χ0n) is 23.8. The topological polar surface area (TPSA) is 105 Å². The number of halogens is 29. The van der Waals surface area contributed by atoms with E-state index in [0.29, 0.717) is 0 Å². The number of carbonyl (C=O) groups excluding carboxylic acids is 4. The smallest absolute Gasteiger partial charge is 0.456 e. The molecule has 0 aliphatic rings. The van der Waals surface area contributed by atoms with Crippen molar-refractivity contribution in [1.29, 1.82) is 0 Å². The Hall–Kier alpha value is -3.83. The van der Waals surface area contributed by atoms with Crippen LogP contribution in [0.5, 0.6) is 0 Å². The fourth-order valence-electron chi connectivity index (χ4n) is 0.526. The van der Waals surface area contributed by atoms with E-state index in [2.05, 4.69) is 9.68 Å². The van der Waals surface area contributed by atoms with E-state index in [1.54, 1.807) is 0 Å². The summed E-state index contributed by atoms with van der Waals surface area (Å²) in [5.41, 5.74) is 0. The van der Waals surface area contributed by atoms with Crippen LogP contribution >= 0.6 is 0 Å². The Morgan fingerprint density at radius 1 is 0.537 bits per heavy atom. The van der Waals surface area contributed by atoms with Crippen molar-refractivity contribution in [3.05, 3.63) is 0 Å². The molecule has 0 amide bonds. The maximum atomic E-state index is 11.9. The van der Waals surface area contributed by atoms with Gasteiger partial charge in [-0.1, -0.05) is 7.43 Å². The Kier molecular flexibility index (Phi) is 56.2. The Balaban J connectivity index is -0.0000000476. The van der Waals surface area contributed by atoms with Crippen LogP contribution < -0.4 is 0 Å². The molecule has 0 aliphatic carbocycles. The molecule has 0 bridgehead atoms. The predicted molar refractivity (Wildman–Crippen MR) is 113 cm³/mol. The lowest BCUT2D eigenvalue weighted by Crippen LogP contribution is -2.47. The van der Waals surface area contributed by atoms with Gasteiger partial charge in [-0.05, 0) is 9.05 Å². The van der Waals surface area contributed by atoms with Gasteiger partial charge in [-0.2, -0.15) is 75.2 Å². The summed E-state index contributed by atoms with van der Waals surface area (Å²) in [4.78, 5) is 40.0. The zero-order chi connectivity index (χ0) is 45.7. The second-order valence-corrected chi connectivity index (χ2v) is 5.63. The van der Waals surface area contributed by atoms with Crippen molar-refractivity contribution in [1.82, 2.24) is 0 Å². The van der Waals surface area contributed by atoms with Crippen molar-refractivity contribution in [3.8, 4) is 0 Å². The third-order valence-electron chi connectivity index (χ3n) is 1.66. The van der Waals surface area contributed by atoms with Gasteiger partial charge >= 0.3 is 61.4 Å². The van der Waals surface area contributed by atoms with Gasteiger partial charge in [0.25, 0.3) is 0 Å². The van der Waals surface area contributed by atoms with E-state index < -0.39 is 95.2 Å². The maximum Gasteiger partial charge on any atom is 0.499 e. The average molecular weight is 903 g/mol. The number of hydrogen-bond donors (Lipinski definition) is 0. The fourth-order valence-corrected chi connectivity index (χ4v) is 0.526. The summed E-state index contributed by atoms with van der Waals surface area (Å²) in [5, 5.41) is 0. The third-order valence-corrected chi connectivity index (χ3v) is 1.66. The quantitative estimate of drug-likeness (QED) is 0.112. The third kappa shape index (κ3) is 97.4. The van der Waals surface area contributed by atoms with E-state index in [0.717, 1.165) is 0 Å². The Labute approximate surface area is 279 Å². The van der Waals surface area contributed by atoms with E-state index in [1.165, 1.54) is 4.94 Å². The van der Waals surface area contributed by atoms with Gasteiger partial charge in [0.15, 0.2) is 6.67 Å². The Morgan fingerprint density at radius 2 is 0.759 bits per heavy atom. The highest BCUT2D eigenvalue weighted by molar-refractivity contribution is 5.76. The van der Waals surface area contributed by atoms with Crippen LogP contribution in [-0.4, -0.2) is 95.2 Å². The second kappa shape index (κ2) is 40.4. The van der Waals surface area contributed by atoms with Crippen LogP contribution in [0.3, 0.4) is 0 Å². The molecule has 0 aromatic carbocycles. The van der Waals surface area contributed by atoms with Crippen molar-refractivity contribution in [2.24, 2.45) is 0 Å². The molecule has 338 valence electrons. The minimum atomic E-state index is -6.08. The first kappa shape index (κ1) is 75.2. The normalized spacial score (nSPS) is 10.3. The molecule has 8 nitrogen and oxygen atoms in total. The molecule has 0 unspecified atom stereocenters. The van der Waals surface area contributed by atoms with Crippen LogP contribution in [0, 0.1) is 0 Å². The Morgan fingerprint density at radius 3 is 0.907 bits per heavy atom. The molecule has 0 aliphatic heterocycles. The molecule has 0 aromatic rings. The summed E-state index contributed by atoms with van der Waals surface area (Å²) in [6.45, 7) is -7.00. The average Bonchev–Trinajstić information content (AvgIpc) is 2.92. The van der Waals surface area contributed by atoms with Crippen LogP contribution in [0.2, 0.25) is 0 Å². The van der Waals surface area contributed by atoms with Gasteiger partial charge in [0.1, 0.15) is 13.2 Å². The second-order valence-electron chi connectivity index (χ2n) is 5.63. The summed E-state index contributed by atoms with van der Waals surface area (Å²) in [6, 6.07) is 0. The summed E-state index contributed by atoms with van der Waals surface area (Å²) in [5.74, 6) is -5.96. The lowest BCUT2D eigenvalue weighted by Gasteiger charge is -2.21. The van der Waals surface area contributed by atoms with Gasteiger partial charge < -0.3 is 9.47 Å². The molecule has 0 heterocycles. The van der Waals surface area contributed by atoms with Gasteiger partial charge in [0.05, 0.1) is 0 Å². The SMILES string of the molecule is C.CC(F)(F)F.FCC(F)(F)F.FCF.FCF.FF.O=C(F)F.O=C(F)F.O=C(OC(F)(F)C(F)(F)OF)C(F)(F)F.O=C(OCCOF)C(F)(F)F.[2HH]. The molecule has 0 saturated heterocycles. The van der Waals surface area contributed by atoms with Crippen LogP contribution in [-0.2, 0) is 28.9 Å². The number of esters is 2. The summed E-state index contributed by atoms with van der Waals surface area (Å²) in [6.07, 6.45) is -37.3. The first-order valence-corrected chi connectivity index (χ1v) is 9.88. The number of rotatable bonds is 6. The van der Waals surface area contributed by atoms with Crippen LogP contribution in [0.25, 0.3) is 0 Å². The molecule has 0 radical (unpaired) electrons. The summed E-state index contributed by atoms with van der Waals surface area (Å²) >= 11 is 0. The number of ether oxygens (including phenoxy) is 2. The van der Waals surface area contributed by atoms with Gasteiger partial charge in [-0.25, -0.2) is 41.1 Å². The fraction of sp³-hybridized carbons (Fsp3) is 0.765. The maximum absolute atomic E-state index is 11.9. The van der Waals surface area contributed by atoms with E-state index >= 15 is 0 Å². The molecular formula is C17H19F29O8. The summed E-state index contributed by atoms with van der Waals surface area (Å²) in [7, 11) is 0. The molecule has 0 atom stereocenters. The molecule has 0 saturated carbocycles. The summed E-state index contributed by atoms with van der Waals surface area (Å²) < 4.78 is 308. The van der Waals surface area contributed by atoms with Gasteiger partial charge in [0, 0.05) is 17.5 Å². The zero-order valence-corrected chi connectivity index (χ0v) is 23.8. The van der Waals surface area contributed by atoms with Gasteiger partial charge in [-0.15, -0.1) is 22.5 Å². The number of carbonyl (C=O) groups is 4. The van der Waals surface area contributed by atoms with Crippen LogP contribution in [0.15, 0.2) is 0 Å². The molecule has 0 rings (SSSR count). The predicted octanol–water partition coefficient (Wildman–Crippen LogP) is 11.8. The van der Waals surface area contributed by atoms with E-state index in [9.17, 15) is 128 Å². The number of alkyl halides is 21. The first-order chi connectivity index (χ1) is 23.3. The Bertz CT molecular complexity index is 837. The van der Waals surface area contributed by atoms with E-state index in [1.807, 2.05) is 4.74 Å². The molecular weight excluding hydrogens is 883 g/mol.